The first kappa shape index (κ1) is 16.4. The molecule has 0 amide bonds. The summed E-state index contributed by atoms with van der Waals surface area (Å²) in [5.74, 6) is 0. The maximum absolute atomic E-state index is 12.4. The van der Waals surface area contributed by atoms with Crippen LogP contribution in [0.5, 0.6) is 0 Å². The predicted molar refractivity (Wildman–Crippen MR) is 79.3 cm³/mol. The summed E-state index contributed by atoms with van der Waals surface area (Å²) in [4.78, 5) is 0.408. The Kier molecular flexibility index (Phi) is 5.80. The van der Waals surface area contributed by atoms with E-state index in [9.17, 15) is 8.42 Å². The highest BCUT2D eigenvalue weighted by Gasteiger charge is 2.28. The van der Waals surface area contributed by atoms with E-state index in [2.05, 4.69) is 5.32 Å². The summed E-state index contributed by atoms with van der Waals surface area (Å²) in [5.41, 5.74) is 0.973. The fraction of sp³-hybridized carbons (Fsp3) is 0.538. The molecule has 1 heterocycles. The molecule has 0 spiro atoms. The van der Waals surface area contributed by atoms with Gasteiger partial charge < -0.3 is 5.32 Å². The Morgan fingerprint density at radius 1 is 1.26 bits per heavy atom. The van der Waals surface area contributed by atoms with E-state index in [0.717, 1.165) is 18.4 Å². The van der Waals surface area contributed by atoms with Gasteiger partial charge in [-0.2, -0.15) is 4.31 Å². The first-order valence-electron chi connectivity index (χ1n) is 6.28. The standard InChI is InChI=1S/C13H20N2O2S.ClH/c1-11-4-3-5-13(10-11)18(16,17)15-8-6-12(14-2)7-9-15;/h3-5,10,12,14H,6-9H2,1-2H3;1H. The van der Waals surface area contributed by atoms with Crippen LogP contribution in [-0.2, 0) is 10.0 Å². The molecule has 6 heteroatoms. The second-order valence-electron chi connectivity index (χ2n) is 4.78. The highest BCUT2D eigenvalue weighted by molar-refractivity contribution is 7.89. The monoisotopic (exact) mass is 304 g/mol. The van der Waals surface area contributed by atoms with Crippen molar-refractivity contribution in [3.05, 3.63) is 29.8 Å². The van der Waals surface area contributed by atoms with Crippen LogP contribution in [0, 0.1) is 6.92 Å². The third kappa shape index (κ3) is 3.69. The number of hydrogen-bond donors (Lipinski definition) is 1. The Morgan fingerprint density at radius 3 is 2.42 bits per heavy atom. The summed E-state index contributed by atoms with van der Waals surface area (Å²) in [6, 6.07) is 7.55. The lowest BCUT2D eigenvalue weighted by Crippen LogP contribution is -2.43. The molecule has 108 valence electrons. The Morgan fingerprint density at radius 2 is 1.89 bits per heavy atom. The van der Waals surface area contributed by atoms with Gasteiger partial charge in [-0.15, -0.1) is 12.4 Å². The molecule has 1 saturated heterocycles. The molecular weight excluding hydrogens is 284 g/mol. The number of hydrogen-bond acceptors (Lipinski definition) is 3. The number of nitrogens with zero attached hydrogens (tertiary/aromatic N) is 1. The maximum Gasteiger partial charge on any atom is 0.243 e. The van der Waals surface area contributed by atoms with E-state index in [1.165, 1.54) is 0 Å². The summed E-state index contributed by atoms with van der Waals surface area (Å²) in [7, 11) is -1.38. The summed E-state index contributed by atoms with van der Waals surface area (Å²) < 4.78 is 26.5. The second-order valence-corrected chi connectivity index (χ2v) is 6.72. The Balaban J connectivity index is 0.00000180. The normalized spacial score (nSPS) is 18.0. The van der Waals surface area contributed by atoms with Crippen molar-refractivity contribution in [3.63, 3.8) is 0 Å². The van der Waals surface area contributed by atoms with Crippen LogP contribution in [0.3, 0.4) is 0 Å². The zero-order valence-electron chi connectivity index (χ0n) is 11.3. The van der Waals surface area contributed by atoms with E-state index in [1.54, 1.807) is 22.5 Å². The largest absolute Gasteiger partial charge is 0.317 e. The van der Waals surface area contributed by atoms with Crippen LogP contribution in [0.4, 0.5) is 0 Å². The molecule has 4 nitrogen and oxygen atoms in total. The molecule has 1 aliphatic rings. The number of piperidine rings is 1. The highest BCUT2D eigenvalue weighted by atomic mass is 35.5. The molecule has 0 atom stereocenters. The number of sulfonamides is 1. The minimum absolute atomic E-state index is 0. The van der Waals surface area contributed by atoms with Gasteiger partial charge in [-0.1, -0.05) is 12.1 Å². The second kappa shape index (κ2) is 6.70. The molecule has 1 aromatic carbocycles. The van der Waals surface area contributed by atoms with Crippen molar-refractivity contribution in [2.24, 2.45) is 0 Å². The Bertz CT molecular complexity index is 511. The summed E-state index contributed by atoms with van der Waals surface area (Å²) in [6.45, 7) is 3.11. The van der Waals surface area contributed by atoms with E-state index < -0.39 is 10.0 Å². The van der Waals surface area contributed by atoms with Crippen LogP contribution in [0.25, 0.3) is 0 Å². The zero-order chi connectivity index (χ0) is 13.2. The maximum atomic E-state index is 12.4. The number of nitrogens with one attached hydrogen (secondary N) is 1. The van der Waals surface area contributed by atoms with Crippen LogP contribution >= 0.6 is 12.4 Å². The van der Waals surface area contributed by atoms with Gasteiger partial charge in [0, 0.05) is 19.1 Å². The molecule has 0 saturated carbocycles. The van der Waals surface area contributed by atoms with Gasteiger partial charge in [-0.25, -0.2) is 8.42 Å². The van der Waals surface area contributed by atoms with Crippen LogP contribution in [-0.4, -0.2) is 38.9 Å². The molecule has 1 aromatic rings. The van der Waals surface area contributed by atoms with E-state index in [4.69, 9.17) is 0 Å². The van der Waals surface area contributed by atoms with Crippen molar-refractivity contribution in [1.29, 1.82) is 0 Å². The SMILES string of the molecule is CNC1CCN(S(=O)(=O)c2cccc(C)c2)CC1.Cl. The number of halogens is 1. The Labute approximate surface area is 121 Å². The average molecular weight is 305 g/mol. The first-order valence-corrected chi connectivity index (χ1v) is 7.72. The van der Waals surface area contributed by atoms with Crippen molar-refractivity contribution in [1.82, 2.24) is 9.62 Å². The van der Waals surface area contributed by atoms with Crippen LogP contribution in [0.2, 0.25) is 0 Å². The quantitative estimate of drug-likeness (QED) is 0.926. The number of rotatable bonds is 3. The van der Waals surface area contributed by atoms with Crippen LogP contribution < -0.4 is 5.32 Å². The van der Waals surface area contributed by atoms with Gasteiger partial charge in [-0.05, 0) is 44.5 Å². The third-order valence-electron chi connectivity index (χ3n) is 3.49. The van der Waals surface area contributed by atoms with Gasteiger partial charge in [0.05, 0.1) is 4.90 Å². The molecule has 0 bridgehead atoms. The first-order chi connectivity index (χ1) is 8.54. The molecule has 2 rings (SSSR count). The number of aryl methyl sites for hydroxylation is 1. The van der Waals surface area contributed by atoms with Crippen molar-refractivity contribution < 1.29 is 8.42 Å². The third-order valence-corrected chi connectivity index (χ3v) is 5.38. The van der Waals surface area contributed by atoms with Crippen LogP contribution in [0.15, 0.2) is 29.2 Å². The lowest BCUT2D eigenvalue weighted by atomic mass is 10.1. The van der Waals surface area contributed by atoms with Crippen molar-refractivity contribution in [2.75, 3.05) is 20.1 Å². The molecular formula is C13H21ClN2O2S. The number of benzene rings is 1. The molecule has 0 radical (unpaired) electrons. The fourth-order valence-corrected chi connectivity index (χ4v) is 3.88. The predicted octanol–water partition coefficient (Wildman–Crippen LogP) is 1.79. The molecule has 0 aromatic heterocycles. The van der Waals surface area contributed by atoms with Gasteiger partial charge in [0.1, 0.15) is 0 Å². The smallest absolute Gasteiger partial charge is 0.243 e. The average Bonchev–Trinajstić information content (AvgIpc) is 2.39. The molecule has 19 heavy (non-hydrogen) atoms. The fourth-order valence-electron chi connectivity index (χ4n) is 2.31. The topological polar surface area (TPSA) is 49.4 Å². The lowest BCUT2D eigenvalue weighted by molar-refractivity contribution is 0.298. The minimum atomic E-state index is -3.31. The van der Waals surface area contributed by atoms with Gasteiger partial charge in [0.15, 0.2) is 0 Å². The van der Waals surface area contributed by atoms with Crippen molar-refractivity contribution in [2.45, 2.75) is 30.7 Å². The summed E-state index contributed by atoms with van der Waals surface area (Å²) >= 11 is 0. The van der Waals surface area contributed by atoms with Gasteiger partial charge >= 0.3 is 0 Å². The molecule has 1 aliphatic heterocycles. The highest BCUT2D eigenvalue weighted by Crippen LogP contribution is 2.21. The molecule has 0 unspecified atom stereocenters. The van der Waals surface area contributed by atoms with E-state index in [-0.39, 0.29) is 12.4 Å². The van der Waals surface area contributed by atoms with Crippen molar-refractivity contribution in [3.8, 4) is 0 Å². The Hall–Kier alpha value is -0.620. The molecule has 0 aliphatic carbocycles. The van der Waals surface area contributed by atoms with E-state index in [1.807, 2.05) is 20.0 Å². The van der Waals surface area contributed by atoms with E-state index in [0.29, 0.717) is 24.0 Å². The van der Waals surface area contributed by atoms with Gasteiger partial charge in [-0.3, -0.25) is 0 Å². The van der Waals surface area contributed by atoms with E-state index >= 15 is 0 Å². The minimum Gasteiger partial charge on any atom is -0.317 e. The lowest BCUT2D eigenvalue weighted by Gasteiger charge is -2.31. The molecule has 1 fully saturated rings. The zero-order valence-corrected chi connectivity index (χ0v) is 12.9. The van der Waals surface area contributed by atoms with Crippen LogP contribution in [0.1, 0.15) is 18.4 Å². The van der Waals surface area contributed by atoms with Gasteiger partial charge in [0.25, 0.3) is 0 Å². The molecule has 1 N–H and O–H groups in total. The van der Waals surface area contributed by atoms with Crippen molar-refractivity contribution >= 4 is 22.4 Å². The summed E-state index contributed by atoms with van der Waals surface area (Å²) in [6.07, 6.45) is 1.75. The summed E-state index contributed by atoms with van der Waals surface area (Å²) in [5, 5.41) is 3.20. The van der Waals surface area contributed by atoms with Gasteiger partial charge in [0.2, 0.25) is 10.0 Å².